The van der Waals surface area contributed by atoms with Crippen molar-refractivity contribution in [1.29, 1.82) is 0 Å². The molecule has 0 bridgehead atoms. The topological polar surface area (TPSA) is 29.1 Å². The van der Waals surface area contributed by atoms with E-state index in [4.69, 9.17) is 0 Å². The standard InChI is InChI=1S/C10H17NO/c1-4-6-7-10(5-2)8-11-9(3)12/h4-6H,7-8H2,1-3H3,(H,11,12)/b6-4-,10-5+. The number of carbonyl (C=O) groups is 1. The van der Waals surface area contributed by atoms with Crippen LogP contribution in [-0.2, 0) is 4.79 Å². The Morgan fingerprint density at radius 1 is 1.42 bits per heavy atom. The van der Waals surface area contributed by atoms with E-state index in [2.05, 4.69) is 11.4 Å². The fraction of sp³-hybridized carbons (Fsp3) is 0.500. The summed E-state index contributed by atoms with van der Waals surface area (Å²) in [4.78, 5) is 10.6. The maximum absolute atomic E-state index is 10.6. The van der Waals surface area contributed by atoms with E-state index in [1.54, 1.807) is 0 Å². The first-order valence-electron chi connectivity index (χ1n) is 4.20. The number of rotatable bonds is 4. The molecule has 0 aromatic rings. The second kappa shape index (κ2) is 6.65. The molecule has 1 amide bonds. The molecule has 0 aromatic heterocycles. The molecule has 68 valence electrons. The van der Waals surface area contributed by atoms with Gasteiger partial charge in [0.15, 0.2) is 0 Å². The van der Waals surface area contributed by atoms with E-state index in [1.807, 2.05) is 26.0 Å². The number of hydrogen-bond acceptors (Lipinski definition) is 1. The first-order chi connectivity index (χ1) is 5.70. The van der Waals surface area contributed by atoms with Gasteiger partial charge in [-0.2, -0.15) is 0 Å². The summed E-state index contributed by atoms with van der Waals surface area (Å²) >= 11 is 0. The van der Waals surface area contributed by atoms with Crippen LogP contribution in [0.3, 0.4) is 0 Å². The molecule has 0 aliphatic rings. The van der Waals surface area contributed by atoms with Gasteiger partial charge in [0.05, 0.1) is 0 Å². The fourth-order valence-electron chi connectivity index (χ4n) is 0.799. The molecule has 1 N–H and O–H groups in total. The Labute approximate surface area is 74.4 Å². The lowest BCUT2D eigenvalue weighted by molar-refractivity contribution is -0.118. The second-order valence-corrected chi connectivity index (χ2v) is 2.63. The number of hydrogen-bond donors (Lipinski definition) is 1. The Kier molecular flexibility index (Phi) is 6.07. The minimum absolute atomic E-state index is 0.0230. The van der Waals surface area contributed by atoms with Gasteiger partial charge in [-0.15, -0.1) is 0 Å². The number of carbonyl (C=O) groups excluding carboxylic acids is 1. The molecule has 0 atom stereocenters. The van der Waals surface area contributed by atoms with Crippen molar-refractivity contribution in [2.75, 3.05) is 6.54 Å². The first kappa shape index (κ1) is 11.0. The normalized spacial score (nSPS) is 12.1. The lowest BCUT2D eigenvalue weighted by atomic mass is 10.1. The summed E-state index contributed by atoms with van der Waals surface area (Å²) in [6, 6.07) is 0. The van der Waals surface area contributed by atoms with Crippen LogP contribution in [-0.4, -0.2) is 12.5 Å². The molecule has 0 rings (SSSR count). The third kappa shape index (κ3) is 5.71. The zero-order valence-electron chi connectivity index (χ0n) is 8.05. The van der Waals surface area contributed by atoms with Crippen molar-refractivity contribution in [2.24, 2.45) is 0 Å². The molecular weight excluding hydrogens is 150 g/mol. The first-order valence-corrected chi connectivity index (χ1v) is 4.20. The Morgan fingerprint density at radius 2 is 2.08 bits per heavy atom. The van der Waals surface area contributed by atoms with Gasteiger partial charge in [0.2, 0.25) is 5.91 Å². The summed E-state index contributed by atoms with van der Waals surface area (Å²) in [6.45, 7) is 6.17. The van der Waals surface area contributed by atoms with Crippen LogP contribution in [0.4, 0.5) is 0 Å². The molecule has 0 aromatic carbocycles. The van der Waals surface area contributed by atoms with Crippen LogP contribution >= 0.6 is 0 Å². The van der Waals surface area contributed by atoms with E-state index < -0.39 is 0 Å². The van der Waals surface area contributed by atoms with Crippen LogP contribution < -0.4 is 5.32 Å². The van der Waals surface area contributed by atoms with Crippen LogP contribution in [0.25, 0.3) is 0 Å². The Balaban J connectivity index is 3.77. The molecule has 0 unspecified atom stereocenters. The molecule has 2 heteroatoms. The zero-order chi connectivity index (χ0) is 9.40. The smallest absolute Gasteiger partial charge is 0.217 e. The van der Waals surface area contributed by atoms with Crippen molar-refractivity contribution < 1.29 is 4.79 Å². The summed E-state index contributed by atoms with van der Waals surface area (Å²) in [5.41, 5.74) is 1.24. The quantitative estimate of drug-likeness (QED) is 0.638. The Bertz CT molecular complexity index is 192. The molecule has 0 heterocycles. The average Bonchev–Trinajstić information content (AvgIpc) is 2.05. The molecule has 0 fully saturated rings. The van der Waals surface area contributed by atoms with Crippen LogP contribution in [0.1, 0.15) is 27.2 Å². The van der Waals surface area contributed by atoms with E-state index in [0.717, 1.165) is 6.42 Å². The molecule has 0 radical (unpaired) electrons. The molecular formula is C10H17NO. The van der Waals surface area contributed by atoms with Crippen LogP contribution in [0, 0.1) is 0 Å². The number of amides is 1. The summed E-state index contributed by atoms with van der Waals surface area (Å²) in [5, 5.41) is 2.76. The Hall–Kier alpha value is -1.05. The van der Waals surface area contributed by atoms with Gasteiger partial charge < -0.3 is 5.32 Å². The predicted octanol–water partition coefficient (Wildman–Crippen LogP) is 2.04. The monoisotopic (exact) mass is 167 g/mol. The van der Waals surface area contributed by atoms with Gasteiger partial charge in [-0.25, -0.2) is 0 Å². The van der Waals surface area contributed by atoms with Gasteiger partial charge in [-0.05, 0) is 20.3 Å². The summed E-state index contributed by atoms with van der Waals surface area (Å²) < 4.78 is 0. The highest BCUT2D eigenvalue weighted by molar-refractivity contribution is 5.73. The molecule has 0 spiro atoms. The summed E-state index contributed by atoms with van der Waals surface area (Å²) in [7, 11) is 0. The maximum atomic E-state index is 10.6. The van der Waals surface area contributed by atoms with Crippen LogP contribution in [0.5, 0.6) is 0 Å². The predicted molar refractivity (Wildman–Crippen MR) is 51.9 cm³/mol. The van der Waals surface area contributed by atoms with Crippen molar-refractivity contribution >= 4 is 5.91 Å². The van der Waals surface area contributed by atoms with Crippen molar-refractivity contribution in [3.63, 3.8) is 0 Å². The van der Waals surface area contributed by atoms with E-state index in [9.17, 15) is 4.79 Å². The van der Waals surface area contributed by atoms with E-state index in [1.165, 1.54) is 12.5 Å². The average molecular weight is 167 g/mol. The maximum Gasteiger partial charge on any atom is 0.217 e. The van der Waals surface area contributed by atoms with Gasteiger partial charge in [0.25, 0.3) is 0 Å². The molecule has 0 aliphatic heterocycles. The van der Waals surface area contributed by atoms with Crippen molar-refractivity contribution in [2.45, 2.75) is 27.2 Å². The lowest BCUT2D eigenvalue weighted by Crippen LogP contribution is -2.22. The van der Waals surface area contributed by atoms with Crippen molar-refractivity contribution in [1.82, 2.24) is 5.32 Å². The van der Waals surface area contributed by atoms with Crippen LogP contribution in [0.15, 0.2) is 23.8 Å². The summed E-state index contributed by atoms with van der Waals surface area (Å²) in [6.07, 6.45) is 7.05. The SMILES string of the molecule is C/C=C\C/C(=C\C)CNC(C)=O. The van der Waals surface area contributed by atoms with Crippen molar-refractivity contribution in [3.05, 3.63) is 23.8 Å². The van der Waals surface area contributed by atoms with E-state index in [0.29, 0.717) is 6.54 Å². The van der Waals surface area contributed by atoms with Gasteiger partial charge >= 0.3 is 0 Å². The second-order valence-electron chi connectivity index (χ2n) is 2.63. The highest BCUT2D eigenvalue weighted by atomic mass is 16.1. The van der Waals surface area contributed by atoms with E-state index >= 15 is 0 Å². The molecule has 0 saturated heterocycles. The highest BCUT2D eigenvalue weighted by Crippen LogP contribution is 2.00. The lowest BCUT2D eigenvalue weighted by Gasteiger charge is -2.03. The van der Waals surface area contributed by atoms with Gasteiger partial charge in [-0.1, -0.05) is 23.8 Å². The third-order valence-corrected chi connectivity index (χ3v) is 1.59. The third-order valence-electron chi connectivity index (χ3n) is 1.59. The fourth-order valence-corrected chi connectivity index (χ4v) is 0.799. The molecule has 12 heavy (non-hydrogen) atoms. The number of allylic oxidation sites excluding steroid dienone is 3. The number of nitrogens with one attached hydrogen (secondary N) is 1. The minimum atomic E-state index is 0.0230. The summed E-state index contributed by atoms with van der Waals surface area (Å²) in [5.74, 6) is 0.0230. The van der Waals surface area contributed by atoms with Crippen molar-refractivity contribution in [3.8, 4) is 0 Å². The van der Waals surface area contributed by atoms with Crippen LogP contribution in [0.2, 0.25) is 0 Å². The van der Waals surface area contributed by atoms with Gasteiger partial charge in [-0.3, -0.25) is 4.79 Å². The zero-order valence-corrected chi connectivity index (χ0v) is 8.05. The minimum Gasteiger partial charge on any atom is -0.353 e. The van der Waals surface area contributed by atoms with E-state index in [-0.39, 0.29) is 5.91 Å². The molecule has 0 saturated carbocycles. The Morgan fingerprint density at radius 3 is 2.50 bits per heavy atom. The molecule has 0 aliphatic carbocycles. The highest BCUT2D eigenvalue weighted by Gasteiger charge is 1.94. The van der Waals surface area contributed by atoms with Gasteiger partial charge in [0, 0.05) is 13.5 Å². The molecule has 2 nitrogen and oxygen atoms in total. The van der Waals surface area contributed by atoms with Gasteiger partial charge in [0.1, 0.15) is 0 Å². The largest absolute Gasteiger partial charge is 0.353 e.